The first kappa shape index (κ1) is 18.9. The average molecular weight is 399 g/mol. The molecule has 4 aliphatic carbocycles. The lowest BCUT2D eigenvalue weighted by atomic mass is 9.42. The number of methoxy groups -OCH3 is 1. The molecule has 4 bridgehead atoms. The molecule has 4 saturated carbocycles. The number of hydrogen-bond donors (Lipinski definition) is 1. The number of nitrogens with zero attached hydrogens (tertiary/aromatic N) is 1. The molecule has 1 saturated heterocycles. The second-order valence-corrected chi connectivity index (χ2v) is 9.70. The summed E-state index contributed by atoms with van der Waals surface area (Å²) in [5, 5.41) is 9.33. The smallest absolute Gasteiger partial charge is 0.334 e. The molecule has 3 unspecified atom stereocenters. The predicted octanol–water partition coefficient (Wildman–Crippen LogP) is 2.85. The molecule has 0 aromatic heterocycles. The molecule has 5 aliphatic rings. The Bertz CT molecular complexity index is 805. The van der Waals surface area contributed by atoms with Gasteiger partial charge in [-0.05, 0) is 73.5 Å². The fourth-order valence-corrected chi connectivity index (χ4v) is 7.11. The minimum absolute atomic E-state index is 0.0600. The van der Waals surface area contributed by atoms with Crippen LogP contribution in [0.15, 0.2) is 24.3 Å². The highest BCUT2D eigenvalue weighted by molar-refractivity contribution is 5.85. The van der Waals surface area contributed by atoms with E-state index >= 15 is 0 Å². The summed E-state index contributed by atoms with van der Waals surface area (Å²) < 4.78 is 10.7. The van der Waals surface area contributed by atoms with Crippen molar-refractivity contribution in [3.05, 3.63) is 29.8 Å². The van der Waals surface area contributed by atoms with Crippen molar-refractivity contribution in [2.75, 3.05) is 26.8 Å². The van der Waals surface area contributed by atoms with Crippen molar-refractivity contribution in [1.29, 1.82) is 0 Å². The maximum absolute atomic E-state index is 13.8. The predicted molar refractivity (Wildman–Crippen MR) is 106 cm³/mol. The van der Waals surface area contributed by atoms with Crippen LogP contribution in [0.2, 0.25) is 0 Å². The summed E-state index contributed by atoms with van der Waals surface area (Å²) >= 11 is 0. The highest BCUT2D eigenvalue weighted by Crippen LogP contribution is 2.66. The first-order valence-electron chi connectivity index (χ1n) is 10.7. The van der Waals surface area contributed by atoms with Crippen LogP contribution in [0.1, 0.15) is 44.1 Å². The molecule has 1 heterocycles. The fraction of sp³-hybridized carbons (Fsp3) is 0.652. The summed E-state index contributed by atoms with van der Waals surface area (Å²) in [4.78, 5) is 26.9. The van der Waals surface area contributed by atoms with E-state index in [-0.39, 0.29) is 23.3 Å². The summed E-state index contributed by atoms with van der Waals surface area (Å²) in [6, 6.07) is 8.42. The van der Waals surface area contributed by atoms with Crippen molar-refractivity contribution in [1.82, 2.24) is 4.90 Å². The van der Waals surface area contributed by atoms with Gasteiger partial charge >= 0.3 is 5.97 Å². The van der Waals surface area contributed by atoms with Gasteiger partial charge in [-0.15, -0.1) is 0 Å². The van der Waals surface area contributed by atoms with Crippen molar-refractivity contribution in [2.45, 2.75) is 50.0 Å². The van der Waals surface area contributed by atoms with Gasteiger partial charge < -0.3 is 19.5 Å². The highest BCUT2D eigenvalue weighted by Gasteiger charge is 2.61. The normalized spacial score (nSPS) is 38.1. The quantitative estimate of drug-likeness (QED) is 0.843. The van der Waals surface area contributed by atoms with Gasteiger partial charge in [-0.2, -0.15) is 0 Å². The summed E-state index contributed by atoms with van der Waals surface area (Å²) in [6.07, 6.45) is 5.43. The van der Waals surface area contributed by atoms with Crippen LogP contribution in [-0.2, 0) is 19.7 Å². The second kappa shape index (κ2) is 6.73. The van der Waals surface area contributed by atoms with Gasteiger partial charge in [-0.25, -0.2) is 4.79 Å². The number of rotatable bonds is 4. The van der Waals surface area contributed by atoms with E-state index in [1.54, 1.807) is 12.0 Å². The van der Waals surface area contributed by atoms with E-state index in [1.165, 1.54) is 12.0 Å². The zero-order chi connectivity index (χ0) is 20.2. The van der Waals surface area contributed by atoms with Crippen LogP contribution in [0.4, 0.5) is 0 Å². The first-order valence-corrected chi connectivity index (χ1v) is 10.7. The van der Waals surface area contributed by atoms with Crippen LogP contribution in [0.5, 0.6) is 5.75 Å². The summed E-state index contributed by atoms with van der Waals surface area (Å²) in [6.45, 7) is 0.964. The molecule has 1 N–H and O–H groups in total. The number of carboxylic acids is 1. The van der Waals surface area contributed by atoms with Crippen molar-refractivity contribution >= 4 is 11.9 Å². The molecule has 0 spiro atoms. The number of carbonyl (C=O) groups is 2. The van der Waals surface area contributed by atoms with Crippen LogP contribution >= 0.6 is 0 Å². The maximum Gasteiger partial charge on any atom is 0.334 e. The van der Waals surface area contributed by atoms with Gasteiger partial charge in [0.25, 0.3) is 0 Å². The standard InChI is InChI=1S/C23H29NO5/c1-28-18-4-2-17(3-5-18)22-9-15-8-16(10-22)12-23(11-15,14-22)21(27)24-6-7-29-19(13-24)20(25)26/h2-5,15-16,19H,6-14H2,1H3,(H,25,26). The summed E-state index contributed by atoms with van der Waals surface area (Å²) in [7, 11) is 1.68. The van der Waals surface area contributed by atoms with Gasteiger partial charge in [0, 0.05) is 6.54 Å². The summed E-state index contributed by atoms with van der Waals surface area (Å²) in [5.74, 6) is 1.20. The Labute approximate surface area is 171 Å². The Morgan fingerprint density at radius 1 is 1.14 bits per heavy atom. The topological polar surface area (TPSA) is 76.1 Å². The molecule has 6 rings (SSSR count). The number of amides is 1. The van der Waals surface area contributed by atoms with Gasteiger partial charge in [0.05, 0.1) is 25.7 Å². The lowest BCUT2D eigenvalue weighted by Gasteiger charge is -2.62. The van der Waals surface area contributed by atoms with Crippen LogP contribution < -0.4 is 4.74 Å². The van der Waals surface area contributed by atoms with E-state index in [4.69, 9.17) is 9.47 Å². The van der Waals surface area contributed by atoms with E-state index < -0.39 is 12.1 Å². The Balaban J connectivity index is 1.44. The van der Waals surface area contributed by atoms with Crippen LogP contribution in [0.25, 0.3) is 0 Å². The molecule has 5 fully saturated rings. The lowest BCUT2D eigenvalue weighted by Crippen LogP contribution is -2.61. The number of carboxylic acid groups (broad SMARTS) is 1. The van der Waals surface area contributed by atoms with Gasteiger partial charge in [-0.3, -0.25) is 4.79 Å². The SMILES string of the molecule is COc1ccc(C23CC4CC(CC(C(=O)N5CCOC(C(=O)O)C5)(C4)C2)C3)cc1. The molecular weight excluding hydrogens is 370 g/mol. The second-order valence-electron chi connectivity index (χ2n) is 9.70. The Morgan fingerprint density at radius 3 is 2.45 bits per heavy atom. The number of morpholine rings is 1. The molecule has 6 nitrogen and oxygen atoms in total. The molecule has 156 valence electrons. The van der Waals surface area contributed by atoms with E-state index in [0.29, 0.717) is 25.0 Å². The molecule has 1 amide bonds. The number of carbonyl (C=O) groups excluding carboxylic acids is 1. The van der Waals surface area contributed by atoms with Crippen LogP contribution in [-0.4, -0.2) is 54.8 Å². The van der Waals surface area contributed by atoms with Gasteiger partial charge in [0.2, 0.25) is 5.91 Å². The van der Waals surface area contributed by atoms with Crippen LogP contribution in [0.3, 0.4) is 0 Å². The zero-order valence-electron chi connectivity index (χ0n) is 16.9. The Kier molecular flexibility index (Phi) is 4.39. The van der Waals surface area contributed by atoms with Gasteiger partial charge in [-0.1, -0.05) is 12.1 Å². The monoisotopic (exact) mass is 399 g/mol. The molecular formula is C23H29NO5. The lowest BCUT2D eigenvalue weighted by molar-refractivity contribution is -0.172. The number of ether oxygens (including phenoxy) is 2. The minimum Gasteiger partial charge on any atom is -0.497 e. The average Bonchev–Trinajstić information content (AvgIpc) is 2.72. The maximum atomic E-state index is 13.8. The molecule has 3 atom stereocenters. The van der Waals surface area contributed by atoms with E-state index in [1.807, 2.05) is 12.1 Å². The Morgan fingerprint density at radius 2 is 1.83 bits per heavy atom. The molecule has 1 aromatic carbocycles. The Hall–Kier alpha value is -2.08. The third-order valence-corrected chi connectivity index (χ3v) is 7.85. The van der Waals surface area contributed by atoms with Crippen molar-refractivity contribution in [3.63, 3.8) is 0 Å². The number of benzene rings is 1. The van der Waals surface area contributed by atoms with E-state index in [9.17, 15) is 14.7 Å². The molecule has 6 heteroatoms. The molecule has 1 aromatic rings. The minimum atomic E-state index is -0.984. The van der Waals surface area contributed by atoms with Crippen LogP contribution in [0, 0.1) is 17.3 Å². The van der Waals surface area contributed by atoms with E-state index in [2.05, 4.69) is 12.1 Å². The summed E-state index contributed by atoms with van der Waals surface area (Å²) in [5.41, 5.74) is 1.05. The van der Waals surface area contributed by atoms with Crippen molar-refractivity contribution in [2.24, 2.45) is 17.3 Å². The third-order valence-electron chi connectivity index (χ3n) is 7.85. The first-order chi connectivity index (χ1) is 13.9. The van der Waals surface area contributed by atoms with Gasteiger partial charge in [0.15, 0.2) is 6.10 Å². The largest absolute Gasteiger partial charge is 0.497 e. The molecule has 1 aliphatic heterocycles. The third kappa shape index (κ3) is 3.03. The van der Waals surface area contributed by atoms with Crippen molar-refractivity contribution in [3.8, 4) is 5.75 Å². The van der Waals surface area contributed by atoms with Crippen molar-refractivity contribution < 1.29 is 24.2 Å². The molecule has 29 heavy (non-hydrogen) atoms. The highest BCUT2D eigenvalue weighted by atomic mass is 16.5. The zero-order valence-corrected chi connectivity index (χ0v) is 16.9. The van der Waals surface area contributed by atoms with E-state index in [0.717, 1.165) is 37.9 Å². The number of aliphatic carboxylic acids is 1. The fourth-order valence-electron chi connectivity index (χ4n) is 7.11. The van der Waals surface area contributed by atoms with Gasteiger partial charge in [0.1, 0.15) is 5.75 Å². The molecule has 0 radical (unpaired) electrons. The number of hydrogen-bond acceptors (Lipinski definition) is 4.